The quantitative estimate of drug-likeness (QED) is 0.528. The second-order valence-electron chi connectivity index (χ2n) is 7.58. The Morgan fingerprint density at radius 1 is 1.16 bits per heavy atom. The van der Waals surface area contributed by atoms with Crippen LogP contribution in [0.3, 0.4) is 0 Å². The standard InChI is InChI=1S/C24H27N5O3/c1-15(25)19-10-8-9-18(13-19)14-21(24(31)32-4)16(2)26-23(30)22-17(3)27-29(28-22)20-11-6-5-7-12-20/h5-13,16,21H,1,14,25H2,2-4H3,(H,26,30). The molecular weight excluding hydrogens is 406 g/mol. The van der Waals surface area contributed by atoms with Gasteiger partial charge in [0.05, 0.1) is 24.4 Å². The van der Waals surface area contributed by atoms with Crippen molar-refractivity contribution in [3.63, 3.8) is 0 Å². The lowest BCUT2D eigenvalue weighted by molar-refractivity contribution is -0.146. The minimum Gasteiger partial charge on any atom is -0.469 e. The van der Waals surface area contributed by atoms with Gasteiger partial charge in [-0.05, 0) is 49.6 Å². The van der Waals surface area contributed by atoms with Crippen molar-refractivity contribution < 1.29 is 14.3 Å². The summed E-state index contributed by atoms with van der Waals surface area (Å²) < 4.78 is 4.99. The van der Waals surface area contributed by atoms with Gasteiger partial charge in [0.15, 0.2) is 5.69 Å². The summed E-state index contributed by atoms with van der Waals surface area (Å²) in [5, 5.41) is 11.5. The molecule has 0 spiro atoms. The van der Waals surface area contributed by atoms with Crippen LogP contribution < -0.4 is 11.1 Å². The molecule has 0 bridgehead atoms. The summed E-state index contributed by atoms with van der Waals surface area (Å²) in [4.78, 5) is 26.8. The van der Waals surface area contributed by atoms with Gasteiger partial charge < -0.3 is 15.8 Å². The largest absolute Gasteiger partial charge is 0.469 e. The SMILES string of the molecule is C=C(N)c1cccc(CC(C(=O)OC)C(C)NC(=O)c2nn(-c3ccccc3)nc2C)c1. The molecule has 3 rings (SSSR count). The van der Waals surface area contributed by atoms with E-state index >= 15 is 0 Å². The van der Waals surface area contributed by atoms with Gasteiger partial charge in [-0.3, -0.25) is 9.59 Å². The van der Waals surface area contributed by atoms with Crippen LogP contribution in [-0.2, 0) is 16.0 Å². The second kappa shape index (κ2) is 9.91. The molecule has 0 fully saturated rings. The molecule has 8 heteroatoms. The number of ether oxygens (including phenoxy) is 1. The third-order valence-corrected chi connectivity index (χ3v) is 5.20. The molecule has 1 heterocycles. The van der Waals surface area contributed by atoms with Crippen molar-refractivity contribution in [3.8, 4) is 5.69 Å². The van der Waals surface area contributed by atoms with Crippen molar-refractivity contribution >= 4 is 17.6 Å². The maximum absolute atomic E-state index is 12.9. The Morgan fingerprint density at radius 2 is 1.88 bits per heavy atom. The van der Waals surface area contributed by atoms with Gasteiger partial charge in [-0.1, -0.05) is 43.0 Å². The Labute approximate surface area is 187 Å². The van der Waals surface area contributed by atoms with E-state index in [0.717, 1.165) is 16.8 Å². The van der Waals surface area contributed by atoms with E-state index in [2.05, 4.69) is 22.1 Å². The fourth-order valence-electron chi connectivity index (χ4n) is 3.41. The van der Waals surface area contributed by atoms with E-state index in [4.69, 9.17) is 10.5 Å². The Balaban J connectivity index is 1.78. The highest BCUT2D eigenvalue weighted by Crippen LogP contribution is 2.18. The highest BCUT2D eigenvalue weighted by Gasteiger charge is 2.29. The molecule has 2 aromatic carbocycles. The number of nitrogens with one attached hydrogen (secondary N) is 1. The molecule has 0 aliphatic rings. The van der Waals surface area contributed by atoms with Crippen LogP contribution >= 0.6 is 0 Å². The topological polar surface area (TPSA) is 112 Å². The van der Waals surface area contributed by atoms with Crippen molar-refractivity contribution in [2.75, 3.05) is 7.11 Å². The van der Waals surface area contributed by atoms with Gasteiger partial charge in [0.2, 0.25) is 0 Å². The molecule has 3 N–H and O–H groups in total. The number of rotatable bonds is 8. The molecule has 0 saturated carbocycles. The summed E-state index contributed by atoms with van der Waals surface area (Å²) >= 11 is 0. The Hall–Kier alpha value is -3.94. The summed E-state index contributed by atoms with van der Waals surface area (Å²) in [7, 11) is 1.33. The zero-order valence-electron chi connectivity index (χ0n) is 18.4. The first-order chi connectivity index (χ1) is 15.3. The minimum atomic E-state index is -0.602. The number of esters is 1. The number of aryl methyl sites for hydroxylation is 1. The number of hydrogen-bond acceptors (Lipinski definition) is 6. The molecule has 1 aromatic heterocycles. The zero-order chi connectivity index (χ0) is 23.3. The maximum Gasteiger partial charge on any atom is 0.311 e. The molecular formula is C24H27N5O3. The Bertz CT molecular complexity index is 1120. The van der Waals surface area contributed by atoms with Gasteiger partial charge in [-0.15, -0.1) is 5.10 Å². The fraction of sp³-hybridized carbons (Fsp3) is 0.250. The second-order valence-corrected chi connectivity index (χ2v) is 7.58. The van der Waals surface area contributed by atoms with E-state index in [1.807, 2.05) is 54.6 Å². The number of aromatic nitrogens is 3. The van der Waals surface area contributed by atoms with Crippen molar-refractivity contribution in [2.24, 2.45) is 11.7 Å². The smallest absolute Gasteiger partial charge is 0.311 e. The number of nitrogens with two attached hydrogens (primary N) is 1. The molecule has 0 aliphatic heterocycles. The lowest BCUT2D eigenvalue weighted by atomic mass is 9.92. The molecule has 2 atom stereocenters. The van der Waals surface area contributed by atoms with Crippen molar-refractivity contribution in [3.05, 3.63) is 83.7 Å². The Morgan fingerprint density at radius 3 is 2.53 bits per heavy atom. The van der Waals surface area contributed by atoms with E-state index in [1.165, 1.54) is 11.9 Å². The van der Waals surface area contributed by atoms with Crippen LogP contribution in [0.15, 0.2) is 61.2 Å². The summed E-state index contributed by atoms with van der Waals surface area (Å²) in [5.74, 6) is -1.43. The van der Waals surface area contributed by atoms with Gasteiger partial charge in [-0.2, -0.15) is 9.90 Å². The van der Waals surface area contributed by atoms with E-state index in [1.54, 1.807) is 13.8 Å². The van der Waals surface area contributed by atoms with Crippen LogP contribution in [0, 0.1) is 12.8 Å². The van der Waals surface area contributed by atoms with Crippen molar-refractivity contribution in [2.45, 2.75) is 26.3 Å². The molecule has 0 saturated heterocycles. The van der Waals surface area contributed by atoms with E-state index in [9.17, 15) is 9.59 Å². The molecule has 3 aromatic rings. The fourth-order valence-corrected chi connectivity index (χ4v) is 3.41. The normalized spacial score (nSPS) is 12.6. The van der Waals surface area contributed by atoms with E-state index < -0.39 is 23.8 Å². The van der Waals surface area contributed by atoms with Gasteiger partial charge in [-0.25, -0.2) is 0 Å². The van der Waals surface area contributed by atoms with Crippen LogP contribution in [0.1, 0.15) is 34.2 Å². The van der Waals surface area contributed by atoms with Crippen molar-refractivity contribution in [1.29, 1.82) is 0 Å². The number of amides is 1. The lowest BCUT2D eigenvalue weighted by Gasteiger charge is -2.23. The summed E-state index contributed by atoms with van der Waals surface area (Å²) in [5.41, 5.74) is 9.34. The van der Waals surface area contributed by atoms with E-state index in [0.29, 0.717) is 17.8 Å². The predicted molar refractivity (Wildman–Crippen MR) is 122 cm³/mol. The molecule has 8 nitrogen and oxygen atoms in total. The summed E-state index contributed by atoms with van der Waals surface area (Å²) in [6.07, 6.45) is 0.366. The Kier molecular flexibility index (Phi) is 7.04. The highest BCUT2D eigenvalue weighted by atomic mass is 16.5. The van der Waals surface area contributed by atoms with Crippen LogP contribution in [-0.4, -0.2) is 40.0 Å². The zero-order valence-corrected chi connectivity index (χ0v) is 18.4. The first-order valence-electron chi connectivity index (χ1n) is 10.2. The lowest BCUT2D eigenvalue weighted by Crippen LogP contribution is -2.43. The monoisotopic (exact) mass is 433 g/mol. The van der Waals surface area contributed by atoms with Crippen LogP contribution in [0.2, 0.25) is 0 Å². The van der Waals surface area contributed by atoms with Gasteiger partial charge in [0, 0.05) is 11.7 Å². The van der Waals surface area contributed by atoms with Crippen LogP contribution in [0.5, 0.6) is 0 Å². The number of carbonyl (C=O) groups excluding carboxylic acids is 2. The average Bonchev–Trinajstić information content (AvgIpc) is 3.19. The highest BCUT2D eigenvalue weighted by molar-refractivity contribution is 5.93. The van der Waals surface area contributed by atoms with Gasteiger partial charge in [0.1, 0.15) is 0 Å². The number of hydrogen-bond donors (Lipinski definition) is 2. The minimum absolute atomic E-state index is 0.200. The summed E-state index contributed by atoms with van der Waals surface area (Å²) in [6, 6.07) is 16.3. The number of benzene rings is 2. The molecule has 166 valence electrons. The predicted octanol–water partition coefficient (Wildman–Crippen LogP) is 2.66. The summed E-state index contributed by atoms with van der Waals surface area (Å²) in [6.45, 7) is 7.23. The number of para-hydroxylation sites is 1. The molecule has 2 unspecified atom stereocenters. The first kappa shape index (κ1) is 22.7. The number of methoxy groups -OCH3 is 1. The van der Waals surface area contributed by atoms with Crippen LogP contribution in [0.25, 0.3) is 11.4 Å². The number of nitrogens with zero attached hydrogens (tertiary/aromatic N) is 3. The molecule has 0 radical (unpaired) electrons. The van der Waals surface area contributed by atoms with Crippen molar-refractivity contribution in [1.82, 2.24) is 20.3 Å². The third-order valence-electron chi connectivity index (χ3n) is 5.20. The maximum atomic E-state index is 12.9. The average molecular weight is 434 g/mol. The van der Waals surface area contributed by atoms with Gasteiger partial charge in [0.25, 0.3) is 5.91 Å². The number of carbonyl (C=O) groups is 2. The first-order valence-corrected chi connectivity index (χ1v) is 10.2. The third kappa shape index (κ3) is 5.21. The molecule has 0 aliphatic carbocycles. The van der Waals surface area contributed by atoms with Crippen LogP contribution in [0.4, 0.5) is 0 Å². The van der Waals surface area contributed by atoms with Gasteiger partial charge >= 0.3 is 5.97 Å². The molecule has 32 heavy (non-hydrogen) atoms. The van der Waals surface area contributed by atoms with E-state index in [-0.39, 0.29) is 5.69 Å². The molecule has 1 amide bonds.